The highest BCUT2D eigenvalue weighted by atomic mass is 19.4. The molecule has 2 N–H and O–H groups in total. The van der Waals surface area contributed by atoms with Crippen molar-refractivity contribution >= 4 is 0 Å². The fraction of sp³-hybridized carbons (Fsp3) is 0.600. The smallest absolute Gasteiger partial charge is 0.389 e. The number of β-amino-alcohol motifs (C(OH)–C–C–N with tert-alkyl or cyclic N) is 1. The van der Waals surface area contributed by atoms with Gasteiger partial charge in [0, 0.05) is 18.5 Å². The first-order valence-corrected chi connectivity index (χ1v) is 6.53. The molecule has 114 valence electrons. The maximum Gasteiger partial charge on any atom is 0.416 e. The molecule has 0 fully saturated rings. The lowest BCUT2D eigenvalue weighted by Gasteiger charge is -2.29. The molecule has 5 heteroatoms. The van der Waals surface area contributed by atoms with Gasteiger partial charge in [-0.15, -0.1) is 0 Å². The Morgan fingerprint density at radius 3 is 1.90 bits per heavy atom. The molecule has 0 aliphatic rings. The van der Waals surface area contributed by atoms with E-state index < -0.39 is 17.3 Å². The van der Waals surface area contributed by atoms with Crippen molar-refractivity contribution in [3.63, 3.8) is 0 Å². The van der Waals surface area contributed by atoms with E-state index in [0.29, 0.717) is 18.5 Å². The van der Waals surface area contributed by atoms with Crippen molar-refractivity contribution < 1.29 is 18.3 Å². The van der Waals surface area contributed by atoms with Crippen molar-refractivity contribution in [2.24, 2.45) is 0 Å². The highest BCUT2D eigenvalue weighted by Crippen LogP contribution is 2.29. The fourth-order valence-electron chi connectivity index (χ4n) is 1.77. The van der Waals surface area contributed by atoms with Crippen LogP contribution in [-0.2, 0) is 12.6 Å². The number of hydrogen-bond acceptors (Lipinski definition) is 2. The molecule has 0 amide bonds. The highest BCUT2D eigenvalue weighted by Gasteiger charge is 2.30. The summed E-state index contributed by atoms with van der Waals surface area (Å²) < 4.78 is 37.4. The van der Waals surface area contributed by atoms with E-state index >= 15 is 0 Å². The van der Waals surface area contributed by atoms with Crippen LogP contribution in [0, 0.1) is 0 Å². The summed E-state index contributed by atoms with van der Waals surface area (Å²) in [6, 6.07) is 4.91. The Balaban J connectivity index is 2.68. The van der Waals surface area contributed by atoms with Crippen molar-refractivity contribution in [2.75, 3.05) is 6.54 Å². The minimum Gasteiger partial charge on any atom is -0.389 e. The third-order valence-electron chi connectivity index (χ3n) is 2.87. The van der Waals surface area contributed by atoms with Gasteiger partial charge in [-0.25, -0.2) is 0 Å². The Bertz CT molecular complexity index is 430. The van der Waals surface area contributed by atoms with E-state index in [2.05, 4.69) is 5.32 Å². The molecule has 0 bridgehead atoms. The van der Waals surface area contributed by atoms with Crippen LogP contribution in [0.3, 0.4) is 0 Å². The third kappa shape index (κ3) is 5.92. The molecular weight excluding hydrogens is 267 g/mol. The maximum absolute atomic E-state index is 12.5. The summed E-state index contributed by atoms with van der Waals surface area (Å²) in [6.45, 7) is 8.00. The van der Waals surface area contributed by atoms with Crippen molar-refractivity contribution in [2.45, 2.75) is 51.4 Å². The van der Waals surface area contributed by atoms with Gasteiger partial charge in [0.1, 0.15) is 0 Å². The normalized spacial score (nSPS) is 16.0. The second-order valence-electron chi connectivity index (χ2n) is 6.47. The van der Waals surface area contributed by atoms with Crippen LogP contribution in [0.1, 0.15) is 38.8 Å². The Hall–Kier alpha value is -1.07. The summed E-state index contributed by atoms with van der Waals surface area (Å²) >= 11 is 0. The van der Waals surface area contributed by atoms with Gasteiger partial charge in [0.25, 0.3) is 0 Å². The molecule has 1 rings (SSSR count). The first-order valence-electron chi connectivity index (χ1n) is 6.53. The Morgan fingerprint density at radius 1 is 1.00 bits per heavy atom. The first kappa shape index (κ1) is 17.0. The van der Waals surface area contributed by atoms with Gasteiger partial charge in [-0.3, -0.25) is 0 Å². The van der Waals surface area contributed by atoms with E-state index in [1.54, 1.807) is 6.92 Å². The van der Waals surface area contributed by atoms with E-state index in [1.165, 1.54) is 12.1 Å². The zero-order valence-corrected chi connectivity index (χ0v) is 12.3. The minimum atomic E-state index is -4.32. The summed E-state index contributed by atoms with van der Waals surface area (Å²) in [5, 5.41) is 13.5. The zero-order valence-electron chi connectivity index (χ0n) is 12.3. The van der Waals surface area contributed by atoms with E-state index in [9.17, 15) is 18.3 Å². The van der Waals surface area contributed by atoms with Crippen molar-refractivity contribution in [1.29, 1.82) is 0 Å². The number of alkyl halides is 3. The molecule has 20 heavy (non-hydrogen) atoms. The van der Waals surface area contributed by atoms with Gasteiger partial charge in [-0.1, -0.05) is 12.1 Å². The molecule has 0 heterocycles. The monoisotopic (exact) mass is 289 g/mol. The summed E-state index contributed by atoms with van der Waals surface area (Å²) in [5.74, 6) is 0. The van der Waals surface area contributed by atoms with Gasteiger partial charge in [0.15, 0.2) is 0 Å². The minimum absolute atomic E-state index is 0.121. The molecule has 0 saturated carbocycles. The molecule has 0 aliphatic heterocycles. The molecule has 0 saturated heterocycles. The van der Waals surface area contributed by atoms with Gasteiger partial charge in [-0.2, -0.15) is 13.2 Å². The second kappa shape index (κ2) is 5.74. The van der Waals surface area contributed by atoms with E-state index in [0.717, 1.165) is 12.1 Å². The topological polar surface area (TPSA) is 32.3 Å². The lowest BCUT2D eigenvalue weighted by Crippen LogP contribution is -2.47. The van der Waals surface area contributed by atoms with Crippen molar-refractivity contribution in [3.05, 3.63) is 35.4 Å². The number of halogens is 3. The molecule has 2 nitrogen and oxygen atoms in total. The molecule has 1 aromatic rings. The van der Waals surface area contributed by atoms with E-state index in [-0.39, 0.29) is 5.54 Å². The van der Waals surface area contributed by atoms with Crippen LogP contribution in [0.15, 0.2) is 24.3 Å². The number of hydrogen-bond donors (Lipinski definition) is 2. The van der Waals surface area contributed by atoms with Gasteiger partial charge in [-0.05, 0) is 45.4 Å². The van der Waals surface area contributed by atoms with Crippen LogP contribution in [0.4, 0.5) is 13.2 Å². The molecule has 1 aromatic carbocycles. The quantitative estimate of drug-likeness (QED) is 0.890. The summed E-state index contributed by atoms with van der Waals surface area (Å²) in [5.41, 5.74) is -1.12. The SMILES string of the molecule is CC(O)(CNC(C)(C)C)Cc1ccc(C(F)(F)F)cc1. The summed E-state index contributed by atoms with van der Waals surface area (Å²) in [6.07, 6.45) is -4.02. The molecule has 1 unspecified atom stereocenters. The van der Waals surface area contributed by atoms with Gasteiger partial charge >= 0.3 is 6.18 Å². The largest absolute Gasteiger partial charge is 0.416 e. The van der Waals surface area contributed by atoms with Crippen LogP contribution >= 0.6 is 0 Å². The Labute approximate surface area is 118 Å². The van der Waals surface area contributed by atoms with E-state index in [4.69, 9.17) is 0 Å². The average molecular weight is 289 g/mol. The van der Waals surface area contributed by atoms with Gasteiger partial charge in [0.05, 0.1) is 11.2 Å². The Kier molecular flexibility index (Phi) is 4.87. The lowest BCUT2D eigenvalue weighted by atomic mass is 9.94. The molecule has 0 aromatic heterocycles. The molecule has 0 aliphatic carbocycles. The number of rotatable bonds is 4. The lowest BCUT2D eigenvalue weighted by molar-refractivity contribution is -0.137. The predicted octanol–water partition coefficient (Wildman–Crippen LogP) is 3.39. The van der Waals surface area contributed by atoms with Gasteiger partial charge in [0.2, 0.25) is 0 Å². The molecule has 1 atom stereocenters. The van der Waals surface area contributed by atoms with Crippen LogP contribution in [0.25, 0.3) is 0 Å². The van der Waals surface area contributed by atoms with Crippen LogP contribution in [0.5, 0.6) is 0 Å². The maximum atomic E-state index is 12.5. The fourth-order valence-corrected chi connectivity index (χ4v) is 1.77. The third-order valence-corrected chi connectivity index (χ3v) is 2.87. The first-order chi connectivity index (χ1) is 8.89. The summed E-state index contributed by atoms with van der Waals surface area (Å²) in [4.78, 5) is 0. The van der Waals surface area contributed by atoms with Gasteiger partial charge < -0.3 is 10.4 Å². The van der Waals surface area contributed by atoms with Crippen molar-refractivity contribution in [3.8, 4) is 0 Å². The standard InChI is InChI=1S/C15H22F3NO/c1-13(2,3)19-10-14(4,20)9-11-5-7-12(8-6-11)15(16,17)18/h5-8,19-20H,9-10H2,1-4H3. The number of nitrogens with one attached hydrogen (secondary N) is 1. The average Bonchev–Trinajstić information content (AvgIpc) is 2.25. The number of benzene rings is 1. The summed E-state index contributed by atoms with van der Waals surface area (Å²) in [7, 11) is 0. The number of aliphatic hydroxyl groups is 1. The van der Waals surface area contributed by atoms with Crippen LogP contribution in [-0.4, -0.2) is 22.8 Å². The Morgan fingerprint density at radius 2 is 1.50 bits per heavy atom. The van der Waals surface area contributed by atoms with Crippen LogP contribution < -0.4 is 5.32 Å². The molecular formula is C15H22F3NO. The van der Waals surface area contributed by atoms with E-state index in [1.807, 2.05) is 20.8 Å². The highest BCUT2D eigenvalue weighted by molar-refractivity contribution is 5.25. The molecule has 0 spiro atoms. The zero-order chi connectivity index (χ0) is 15.6. The van der Waals surface area contributed by atoms with Crippen molar-refractivity contribution in [1.82, 2.24) is 5.32 Å². The molecule has 0 radical (unpaired) electrons. The predicted molar refractivity (Wildman–Crippen MR) is 73.5 cm³/mol. The second-order valence-corrected chi connectivity index (χ2v) is 6.47. The van der Waals surface area contributed by atoms with Crippen LogP contribution in [0.2, 0.25) is 0 Å².